The summed E-state index contributed by atoms with van der Waals surface area (Å²) in [4.78, 5) is 11.6. The Balaban J connectivity index is 2.71. The summed E-state index contributed by atoms with van der Waals surface area (Å²) in [6.07, 6.45) is 0.577. The molecule has 0 radical (unpaired) electrons. The molecule has 0 saturated carbocycles. The minimum atomic E-state index is -3.43. The Morgan fingerprint density at radius 3 is 2.45 bits per heavy atom. The van der Waals surface area contributed by atoms with E-state index in [4.69, 9.17) is 4.74 Å². The van der Waals surface area contributed by atoms with E-state index in [1.165, 1.54) is 4.31 Å². The van der Waals surface area contributed by atoms with Crippen molar-refractivity contribution in [2.75, 3.05) is 23.7 Å². The zero-order chi connectivity index (χ0) is 17.0. The molecule has 1 aromatic rings. The lowest BCUT2D eigenvalue weighted by Gasteiger charge is -2.24. The maximum absolute atomic E-state index is 11.9. The molecule has 1 amide bonds. The number of nitrogens with zero attached hydrogens (tertiary/aromatic N) is 1. The van der Waals surface area contributed by atoms with Gasteiger partial charge in [-0.1, -0.05) is 12.1 Å². The fraction of sp³-hybridized carbons (Fsp3) is 0.533. The summed E-state index contributed by atoms with van der Waals surface area (Å²) >= 11 is 0. The standard InChI is InChI=1S/C15H24N2O4S/c1-12-7-6-8-13(11-12)17(22(5,19)20)10-9-16-14(18)21-15(2,3)4/h6-8,11H,9-10H2,1-5H3,(H,16,18). The SMILES string of the molecule is Cc1cccc(N(CCNC(=O)OC(C)(C)C)S(C)(=O)=O)c1. The quantitative estimate of drug-likeness (QED) is 0.900. The Morgan fingerprint density at radius 2 is 1.95 bits per heavy atom. The number of aryl methyl sites for hydroxylation is 1. The lowest BCUT2D eigenvalue weighted by molar-refractivity contribution is 0.0529. The average Bonchev–Trinajstić information content (AvgIpc) is 2.30. The van der Waals surface area contributed by atoms with Gasteiger partial charge in [0, 0.05) is 6.54 Å². The molecule has 0 aliphatic carbocycles. The second-order valence-corrected chi connectivity index (χ2v) is 8.01. The Hall–Kier alpha value is -1.76. The molecule has 1 aromatic carbocycles. The first kappa shape index (κ1) is 18.3. The van der Waals surface area contributed by atoms with Crippen LogP contribution in [0, 0.1) is 6.92 Å². The third kappa shape index (κ3) is 6.34. The fourth-order valence-electron chi connectivity index (χ4n) is 1.84. The van der Waals surface area contributed by atoms with Crippen molar-refractivity contribution in [3.05, 3.63) is 29.8 Å². The number of amides is 1. The maximum Gasteiger partial charge on any atom is 0.407 e. The molecule has 0 aromatic heterocycles. The highest BCUT2D eigenvalue weighted by molar-refractivity contribution is 7.92. The molecule has 0 saturated heterocycles. The van der Waals surface area contributed by atoms with Gasteiger partial charge in [0.25, 0.3) is 0 Å². The van der Waals surface area contributed by atoms with Crippen molar-refractivity contribution in [3.8, 4) is 0 Å². The smallest absolute Gasteiger partial charge is 0.407 e. The summed E-state index contributed by atoms with van der Waals surface area (Å²) in [5.41, 5.74) is 0.955. The molecule has 0 aliphatic rings. The average molecular weight is 328 g/mol. The van der Waals surface area contributed by atoms with Crippen molar-refractivity contribution >= 4 is 21.8 Å². The summed E-state index contributed by atoms with van der Waals surface area (Å²) in [6, 6.07) is 7.20. The number of nitrogens with one attached hydrogen (secondary N) is 1. The molecule has 0 unspecified atom stereocenters. The topological polar surface area (TPSA) is 75.7 Å². The molecular formula is C15H24N2O4S. The van der Waals surface area contributed by atoms with Crippen LogP contribution in [0.4, 0.5) is 10.5 Å². The van der Waals surface area contributed by atoms with Gasteiger partial charge in [-0.25, -0.2) is 13.2 Å². The van der Waals surface area contributed by atoms with Crippen molar-refractivity contribution in [1.29, 1.82) is 0 Å². The van der Waals surface area contributed by atoms with Crippen LogP contribution in [0.1, 0.15) is 26.3 Å². The number of benzene rings is 1. The van der Waals surface area contributed by atoms with E-state index in [9.17, 15) is 13.2 Å². The van der Waals surface area contributed by atoms with E-state index in [1.54, 1.807) is 39.0 Å². The zero-order valence-corrected chi connectivity index (χ0v) is 14.5. The highest BCUT2D eigenvalue weighted by Gasteiger charge is 2.19. The number of hydrogen-bond acceptors (Lipinski definition) is 4. The molecule has 6 nitrogen and oxygen atoms in total. The van der Waals surface area contributed by atoms with E-state index in [0.717, 1.165) is 11.8 Å². The van der Waals surface area contributed by atoms with Crippen molar-refractivity contribution in [2.45, 2.75) is 33.3 Å². The van der Waals surface area contributed by atoms with Crippen LogP contribution in [0.5, 0.6) is 0 Å². The number of ether oxygens (including phenoxy) is 1. The number of carbonyl (C=O) groups excluding carboxylic acids is 1. The van der Waals surface area contributed by atoms with Crippen LogP contribution in [-0.4, -0.2) is 39.5 Å². The second kappa shape index (κ2) is 7.00. The number of anilines is 1. The van der Waals surface area contributed by atoms with Gasteiger partial charge in [0.05, 0.1) is 18.5 Å². The van der Waals surface area contributed by atoms with E-state index >= 15 is 0 Å². The fourth-order valence-corrected chi connectivity index (χ4v) is 2.76. The maximum atomic E-state index is 11.9. The summed E-state index contributed by atoms with van der Waals surface area (Å²) < 4.78 is 30.2. The molecule has 0 fully saturated rings. The van der Waals surface area contributed by atoms with Gasteiger partial charge in [-0.3, -0.25) is 4.31 Å². The summed E-state index contributed by atoms with van der Waals surface area (Å²) in [6.45, 7) is 7.49. The number of hydrogen-bond donors (Lipinski definition) is 1. The highest BCUT2D eigenvalue weighted by Crippen LogP contribution is 2.18. The minimum absolute atomic E-state index is 0.140. The summed E-state index contributed by atoms with van der Waals surface area (Å²) in [5.74, 6) is 0. The van der Waals surface area contributed by atoms with Crippen LogP contribution in [0.25, 0.3) is 0 Å². The molecule has 0 spiro atoms. The van der Waals surface area contributed by atoms with Gasteiger partial charge in [0.1, 0.15) is 5.60 Å². The first-order valence-electron chi connectivity index (χ1n) is 7.00. The molecule has 0 atom stereocenters. The molecule has 1 rings (SSSR count). The van der Waals surface area contributed by atoms with Gasteiger partial charge in [-0.05, 0) is 45.4 Å². The van der Waals surface area contributed by atoms with Gasteiger partial charge < -0.3 is 10.1 Å². The van der Waals surface area contributed by atoms with Crippen LogP contribution in [0.15, 0.2) is 24.3 Å². The van der Waals surface area contributed by atoms with E-state index in [-0.39, 0.29) is 13.1 Å². The monoisotopic (exact) mass is 328 g/mol. The summed E-state index contributed by atoms with van der Waals surface area (Å²) in [7, 11) is -3.43. The van der Waals surface area contributed by atoms with Crippen molar-refractivity contribution in [3.63, 3.8) is 0 Å². The first-order chi connectivity index (χ1) is 9.99. The molecule has 7 heteroatoms. The zero-order valence-electron chi connectivity index (χ0n) is 13.7. The Kier molecular flexibility index (Phi) is 5.82. The third-order valence-corrected chi connectivity index (χ3v) is 3.87. The van der Waals surface area contributed by atoms with Crippen LogP contribution < -0.4 is 9.62 Å². The predicted molar refractivity (Wildman–Crippen MR) is 87.6 cm³/mol. The molecular weight excluding hydrogens is 304 g/mol. The third-order valence-electron chi connectivity index (χ3n) is 2.67. The van der Waals surface area contributed by atoms with E-state index in [0.29, 0.717) is 5.69 Å². The molecule has 0 bridgehead atoms. The van der Waals surface area contributed by atoms with E-state index in [2.05, 4.69) is 5.32 Å². The number of alkyl carbamates (subject to hydrolysis) is 1. The lowest BCUT2D eigenvalue weighted by Crippen LogP contribution is -2.40. The normalized spacial score (nSPS) is 11.9. The predicted octanol–water partition coefficient (Wildman–Crippen LogP) is 2.29. The molecule has 0 heterocycles. The van der Waals surface area contributed by atoms with Crippen molar-refractivity contribution in [1.82, 2.24) is 5.32 Å². The lowest BCUT2D eigenvalue weighted by atomic mass is 10.2. The van der Waals surface area contributed by atoms with E-state index < -0.39 is 21.7 Å². The van der Waals surface area contributed by atoms with Gasteiger partial charge >= 0.3 is 6.09 Å². The van der Waals surface area contributed by atoms with Crippen molar-refractivity contribution in [2.24, 2.45) is 0 Å². The highest BCUT2D eigenvalue weighted by atomic mass is 32.2. The van der Waals surface area contributed by atoms with Gasteiger partial charge in [0.15, 0.2) is 0 Å². The summed E-state index contributed by atoms with van der Waals surface area (Å²) in [5, 5.41) is 2.56. The van der Waals surface area contributed by atoms with Crippen LogP contribution in [0.3, 0.4) is 0 Å². The molecule has 1 N–H and O–H groups in total. The van der Waals surface area contributed by atoms with Gasteiger partial charge in [-0.2, -0.15) is 0 Å². The van der Waals surface area contributed by atoms with Gasteiger partial charge in [0.2, 0.25) is 10.0 Å². The number of carbonyl (C=O) groups is 1. The number of sulfonamides is 1. The molecule has 22 heavy (non-hydrogen) atoms. The van der Waals surface area contributed by atoms with Crippen LogP contribution in [0.2, 0.25) is 0 Å². The second-order valence-electron chi connectivity index (χ2n) is 6.10. The Bertz CT molecular complexity index is 621. The van der Waals surface area contributed by atoms with Crippen LogP contribution in [-0.2, 0) is 14.8 Å². The number of rotatable bonds is 5. The molecule has 124 valence electrons. The van der Waals surface area contributed by atoms with Crippen molar-refractivity contribution < 1.29 is 17.9 Å². The van der Waals surface area contributed by atoms with Crippen LogP contribution >= 0.6 is 0 Å². The molecule has 0 aliphatic heterocycles. The Morgan fingerprint density at radius 1 is 1.32 bits per heavy atom. The van der Waals surface area contributed by atoms with Gasteiger partial charge in [-0.15, -0.1) is 0 Å². The Labute approximate surface area is 132 Å². The first-order valence-corrected chi connectivity index (χ1v) is 8.85. The minimum Gasteiger partial charge on any atom is -0.444 e. The van der Waals surface area contributed by atoms with E-state index in [1.807, 2.05) is 13.0 Å². The largest absolute Gasteiger partial charge is 0.444 e.